The van der Waals surface area contributed by atoms with E-state index in [4.69, 9.17) is 14.5 Å². The molecule has 0 radical (unpaired) electrons. The highest BCUT2D eigenvalue weighted by Crippen LogP contribution is 2.32. The molecule has 0 bridgehead atoms. The zero-order valence-electron chi connectivity index (χ0n) is 10.8. The zero-order valence-corrected chi connectivity index (χ0v) is 11.7. The van der Waals surface area contributed by atoms with Crippen molar-refractivity contribution in [1.82, 2.24) is 5.32 Å². The second-order valence-corrected chi connectivity index (χ2v) is 6.23. The van der Waals surface area contributed by atoms with Crippen molar-refractivity contribution in [1.29, 1.82) is 0 Å². The summed E-state index contributed by atoms with van der Waals surface area (Å²) < 4.78 is 16.0. The zero-order chi connectivity index (χ0) is 14.1. The summed E-state index contributed by atoms with van der Waals surface area (Å²) in [4.78, 5) is 28.7. The third kappa shape index (κ3) is 8.79. The predicted octanol–water partition coefficient (Wildman–Crippen LogP) is 0.633. The van der Waals surface area contributed by atoms with E-state index in [9.17, 15) is 9.36 Å². The SMILES string of the molecule is O=C(COC1C#CCCCCC1)NCCP(=O)(O)O. The van der Waals surface area contributed by atoms with Gasteiger partial charge >= 0.3 is 7.60 Å². The minimum absolute atomic E-state index is 0.0528. The van der Waals surface area contributed by atoms with Gasteiger partial charge in [0.1, 0.15) is 12.7 Å². The molecule has 1 aliphatic rings. The van der Waals surface area contributed by atoms with E-state index >= 15 is 0 Å². The van der Waals surface area contributed by atoms with Gasteiger partial charge in [0, 0.05) is 13.0 Å². The smallest absolute Gasteiger partial charge is 0.327 e. The molecule has 0 saturated carbocycles. The Labute approximate surface area is 113 Å². The van der Waals surface area contributed by atoms with E-state index in [2.05, 4.69) is 17.2 Å². The second-order valence-electron chi connectivity index (χ2n) is 4.46. The molecule has 0 aromatic rings. The highest BCUT2D eigenvalue weighted by atomic mass is 31.2. The first-order chi connectivity index (χ1) is 8.97. The lowest BCUT2D eigenvalue weighted by Crippen LogP contribution is -2.31. The van der Waals surface area contributed by atoms with Crippen molar-refractivity contribution in [3.63, 3.8) is 0 Å². The highest BCUT2D eigenvalue weighted by molar-refractivity contribution is 7.51. The first kappa shape index (κ1) is 16.2. The Morgan fingerprint density at radius 2 is 2.16 bits per heavy atom. The van der Waals surface area contributed by atoms with Crippen LogP contribution < -0.4 is 5.32 Å². The van der Waals surface area contributed by atoms with Crippen molar-refractivity contribution in [3.05, 3.63) is 0 Å². The molecule has 108 valence electrons. The van der Waals surface area contributed by atoms with E-state index in [1.165, 1.54) is 0 Å². The second kappa shape index (κ2) is 8.34. The van der Waals surface area contributed by atoms with E-state index in [0.717, 1.165) is 32.1 Å². The number of carbonyl (C=O) groups is 1. The van der Waals surface area contributed by atoms with Gasteiger partial charge in [-0.3, -0.25) is 9.36 Å². The molecule has 0 saturated heterocycles. The fraction of sp³-hybridized carbons (Fsp3) is 0.750. The lowest BCUT2D eigenvalue weighted by molar-refractivity contribution is -0.126. The fourth-order valence-electron chi connectivity index (χ4n) is 1.67. The van der Waals surface area contributed by atoms with E-state index in [-0.39, 0.29) is 31.3 Å². The summed E-state index contributed by atoms with van der Waals surface area (Å²) >= 11 is 0. The lowest BCUT2D eigenvalue weighted by atomic mass is 10.1. The maximum absolute atomic E-state index is 11.4. The van der Waals surface area contributed by atoms with Crippen LogP contribution in [-0.2, 0) is 14.1 Å². The van der Waals surface area contributed by atoms with Gasteiger partial charge in [-0.1, -0.05) is 12.3 Å². The monoisotopic (exact) mass is 289 g/mol. The van der Waals surface area contributed by atoms with Crippen LogP contribution in [0.25, 0.3) is 0 Å². The predicted molar refractivity (Wildman–Crippen MR) is 70.5 cm³/mol. The average Bonchev–Trinajstić information content (AvgIpc) is 2.25. The summed E-state index contributed by atoms with van der Waals surface area (Å²) in [5.74, 6) is 5.62. The van der Waals surface area contributed by atoms with Gasteiger partial charge in [0.15, 0.2) is 0 Å². The molecule has 1 atom stereocenters. The van der Waals surface area contributed by atoms with E-state index in [1.54, 1.807) is 0 Å². The number of hydrogen-bond acceptors (Lipinski definition) is 3. The Morgan fingerprint density at radius 1 is 1.37 bits per heavy atom. The Morgan fingerprint density at radius 3 is 2.89 bits per heavy atom. The summed E-state index contributed by atoms with van der Waals surface area (Å²) in [5, 5.41) is 2.40. The first-order valence-corrected chi connectivity index (χ1v) is 8.18. The number of hydrogen-bond donors (Lipinski definition) is 3. The van der Waals surface area contributed by atoms with Crippen molar-refractivity contribution in [2.75, 3.05) is 19.3 Å². The summed E-state index contributed by atoms with van der Waals surface area (Å²) in [6.45, 7) is -0.177. The molecule has 3 N–H and O–H groups in total. The van der Waals surface area contributed by atoms with Gasteiger partial charge in [-0.15, -0.1) is 5.92 Å². The fourth-order valence-corrected chi connectivity index (χ4v) is 2.07. The third-order valence-corrected chi connectivity index (χ3v) is 3.48. The molecule has 0 aromatic carbocycles. The molecule has 7 heteroatoms. The third-order valence-electron chi connectivity index (χ3n) is 2.67. The molecular weight excluding hydrogens is 269 g/mol. The summed E-state index contributed by atoms with van der Waals surface area (Å²) in [6, 6.07) is 0. The maximum Gasteiger partial charge on any atom is 0.327 e. The van der Waals surface area contributed by atoms with Gasteiger partial charge < -0.3 is 19.8 Å². The molecule has 0 fully saturated rings. The van der Waals surface area contributed by atoms with Crippen LogP contribution in [0.5, 0.6) is 0 Å². The number of rotatable bonds is 6. The minimum atomic E-state index is -4.06. The van der Waals surface area contributed by atoms with Gasteiger partial charge in [-0.05, 0) is 19.3 Å². The summed E-state index contributed by atoms with van der Waals surface area (Å²) in [7, 11) is -4.06. The molecule has 1 amide bonds. The molecule has 1 unspecified atom stereocenters. The summed E-state index contributed by atoms with van der Waals surface area (Å²) in [6.07, 6.45) is 4.40. The average molecular weight is 289 g/mol. The van der Waals surface area contributed by atoms with Crippen molar-refractivity contribution in [2.45, 2.75) is 38.2 Å². The first-order valence-electron chi connectivity index (χ1n) is 6.38. The van der Waals surface area contributed by atoms with Gasteiger partial charge in [0.05, 0.1) is 6.16 Å². The molecule has 6 nitrogen and oxygen atoms in total. The molecule has 0 spiro atoms. The van der Waals surface area contributed by atoms with Crippen LogP contribution in [-0.4, -0.2) is 41.1 Å². The topological polar surface area (TPSA) is 95.9 Å². The number of nitrogens with one attached hydrogen (secondary N) is 1. The molecule has 1 rings (SSSR count). The molecule has 1 aliphatic carbocycles. The quantitative estimate of drug-likeness (QED) is 0.492. The van der Waals surface area contributed by atoms with Crippen molar-refractivity contribution in [3.8, 4) is 11.8 Å². The van der Waals surface area contributed by atoms with Crippen LogP contribution >= 0.6 is 7.60 Å². The standard InChI is InChI=1S/C12H20NO5P/c14-12(13-8-9-19(15,16)17)10-18-11-6-4-2-1-3-5-7-11/h11H,1-4,6,8-10H2,(H,13,14)(H2,15,16,17). The van der Waals surface area contributed by atoms with Crippen molar-refractivity contribution >= 4 is 13.5 Å². The van der Waals surface area contributed by atoms with Crippen LogP contribution in [0, 0.1) is 11.8 Å². The normalized spacial score (nSPS) is 19.8. The summed E-state index contributed by atoms with van der Waals surface area (Å²) in [5.41, 5.74) is 0. The maximum atomic E-state index is 11.4. The molecule has 0 heterocycles. The molecule has 0 aliphatic heterocycles. The van der Waals surface area contributed by atoms with E-state index in [1.807, 2.05) is 0 Å². The van der Waals surface area contributed by atoms with E-state index < -0.39 is 7.60 Å². The Hall–Kier alpha value is -0.860. The van der Waals surface area contributed by atoms with Crippen LogP contribution in [0.1, 0.15) is 32.1 Å². The highest BCUT2D eigenvalue weighted by Gasteiger charge is 2.14. The number of amides is 1. The Kier molecular flexibility index (Phi) is 7.11. The molecular formula is C12H20NO5P. The minimum Gasteiger partial charge on any atom is -0.356 e. The van der Waals surface area contributed by atoms with Gasteiger partial charge in [0.25, 0.3) is 0 Å². The Bertz CT molecular complexity index is 395. The van der Waals surface area contributed by atoms with Crippen LogP contribution in [0.15, 0.2) is 0 Å². The molecule has 19 heavy (non-hydrogen) atoms. The van der Waals surface area contributed by atoms with Crippen LogP contribution in [0.4, 0.5) is 0 Å². The largest absolute Gasteiger partial charge is 0.356 e. The van der Waals surface area contributed by atoms with Crippen molar-refractivity contribution < 1.29 is 23.9 Å². The van der Waals surface area contributed by atoms with Gasteiger partial charge in [-0.25, -0.2) is 0 Å². The van der Waals surface area contributed by atoms with Crippen LogP contribution in [0.3, 0.4) is 0 Å². The molecule has 0 aromatic heterocycles. The number of ether oxygens (including phenoxy) is 1. The van der Waals surface area contributed by atoms with Crippen molar-refractivity contribution in [2.24, 2.45) is 0 Å². The Balaban J connectivity index is 2.20. The van der Waals surface area contributed by atoms with Crippen LogP contribution in [0.2, 0.25) is 0 Å². The van der Waals surface area contributed by atoms with Gasteiger partial charge in [-0.2, -0.15) is 0 Å². The number of carbonyl (C=O) groups excluding carboxylic acids is 1. The van der Waals surface area contributed by atoms with E-state index in [0.29, 0.717) is 0 Å². The van der Waals surface area contributed by atoms with Gasteiger partial charge in [0.2, 0.25) is 5.91 Å². The lowest BCUT2D eigenvalue weighted by Gasteiger charge is -2.13.